The van der Waals surface area contributed by atoms with E-state index in [0.717, 1.165) is 5.56 Å². The monoisotopic (exact) mass is 373 g/mol. The summed E-state index contributed by atoms with van der Waals surface area (Å²) in [6, 6.07) is 15.9. The molecule has 140 valence electrons. The second-order valence-electron chi connectivity index (χ2n) is 6.18. The van der Waals surface area contributed by atoms with Crippen molar-refractivity contribution in [2.45, 2.75) is 13.8 Å². The molecule has 0 spiro atoms. The van der Waals surface area contributed by atoms with Crippen molar-refractivity contribution < 1.29 is 18.7 Å². The van der Waals surface area contributed by atoms with Crippen LogP contribution in [-0.4, -0.2) is 19.0 Å². The molecule has 5 heteroatoms. The van der Waals surface area contributed by atoms with E-state index in [1.165, 1.54) is 7.11 Å². The molecular weight excluding hydrogens is 354 g/mol. The largest absolute Gasteiger partial charge is 0.466 e. The Bertz CT molecular complexity index is 1100. The van der Waals surface area contributed by atoms with Gasteiger partial charge >= 0.3 is 5.97 Å². The second kappa shape index (κ2) is 8.28. The minimum absolute atomic E-state index is 0.231. The van der Waals surface area contributed by atoms with E-state index in [0.29, 0.717) is 33.9 Å². The van der Waals surface area contributed by atoms with Crippen molar-refractivity contribution in [1.82, 2.24) is 0 Å². The SMILES string of the molecule is COC(=O)c1cccc(C#Cc2cccc(NC(=O)c3cc(C)oc3C)c2)c1. The number of amides is 1. The van der Waals surface area contributed by atoms with Crippen LogP contribution in [0.3, 0.4) is 0 Å². The number of aryl methyl sites for hydroxylation is 2. The lowest BCUT2D eigenvalue weighted by Crippen LogP contribution is -2.12. The van der Waals surface area contributed by atoms with Gasteiger partial charge in [0, 0.05) is 16.8 Å². The van der Waals surface area contributed by atoms with Gasteiger partial charge in [0.2, 0.25) is 0 Å². The molecule has 28 heavy (non-hydrogen) atoms. The predicted molar refractivity (Wildman–Crippen MR) is 106 cm³/mol. The quantitative estimate of drug-likeness (QED) is 0.548. The molecule has 0 atom stereocenters. The summed E-state index contributed by atoms with van der Waals surface area (Å²) in [5.74, 6) is 6.70. The van der Waals surface area contributed by atoms with E-state index >= 15 is 0 Å². The number of carbonyl (C=O) groups excluding carboxylic acids is 2. The minimum Gasteiger partial charge on any atom is -0.466 e. The number of anilines is 1. The van der Waals surface area contributed by atoms with Crippen LogP contribution in [0, 0.1) is 25.7 Å². The third kappa shape index (κ3) is 4.49. The van der Waals surface area contributed by atoms with Crippen molar-refractivity contribution >= 4 is 17.6 Å². The molecule has 0 aliphatic heterocycles. The Morgan fingerprint density at radius 3 is 2.29 bits per heavy atom. The van der Waals surface area contributed by atoms with Gasteiger partial charge in [0.25, 0.3) is 5.91 Å². The van der Waals surface area contributed by atoms with E-state index in [2.05, 4.69) is 17.2 Å². The third-order valence-corrected chi connectivity index (χ3v) is 4.04. The van der Waals surface area contributed by atoms with Gasteiger partial charge in [-0.2, -0.15) is 0 Å². The maximum absolute atomic E-state index is 12.4. The molecule has 0 unspecified atom stereocenters. The van der Waals surface area contributed by atoms with Gasteiger partial charge in [0.15, 0.2) is 0 Å². The van der Waals surface area contributed by atoms with Gasteiger partial charge in [0.1, 0.15) is 11.5 Å². The fraction of sp³-hybridized carbons (Fsp3) is 0.130. The van der Waals surface area contributed by atoms with E-state index in [1.807, 2.05) is 18.2 Å². The molecule has 3 rings (SSSR count). The highest BCUT2D eigenvalue weighted by Crippen LogP contribution is 2.17. The standard InChI is InChI=1S/C23H19NO4/c1-15-12-21(16(2)28-15)22(25)24-20-9-5-7-18(14-20)11-10-17-6-4-8-19(13-17)23(26)27-3/h4-9,12-14H,1-3H3,(H,24,25). The fourth-order valence-electron chi connectivity index (χ4n) is 2.72. The van der Waals surface area contributed by atoms with Crippen molar-refractivity contribution in [2.75, 3.05) is 12.4 Å². The lowest BCUT2D eigenvalue weighted by Gasteiger charge is -2.04. The molecule has 0 bridgehead atoms. The molecule has 1 heterocycles. The molecule has 0 aliphatic carbocycles. The van der Waals surface area contributed by atoms with Crippen LogP contribution in [0.1, 0.15) is 43.4 Å². The van der Waals surface area contributed by atoms with Crippen LogP contribution in [0.15, 0.2) is 59.0 Å². The average molecular weight is 373 g/mol. The highest BCUT2D eigenvalue weighted by Gasteiger charge is 2.13. The Morgan fingerprint density at radius 2 is 1.64 bits per heavy atom. The zero-order chi connectivity index (χ0) is 20.1. The van der Waals surface area contributed by atoms with E-state index in [-0.39, 0.29) is 5.91 Å². The molecule has 0 radical (unpaired) electrons. The van der Waals surface area contributed by atoms with Crippen LogP contribution in [0.5, 0.6) is 0 Å². The first kappa shape index (κ1) is 19.0. The Kier molecular flexibility index (Phi) is 5.61. The van der Waals surface area contributed by atoms with Crippen molar-refractivity contribution in [3.05, 3.63) is 88.4 Å². The molecule has 0 saturated heterocycles. The minimum atomic E-state index is -0.405. The molecule has 1 N–H and O–H groups in total. The summed E-state index contributed by atoms with van der Waals surface area (Å²) in [4.78, 5) is 24.0. The number of rotatable bonds is 3. The van der Waals surface area contributed by atoms with Crippen LogP contribution in [0.25, 0.3) is 0 Å². The third-order valence-electron chi connectivity index (χ3n) is 4.04. The van der Waals surface area contributed by atoms with Gasteiger partial charge < -0.3 is 14.5 Å². The van der Waals surface area contributed by atoms with Crippen molar-refractivity contribution in [3.63, 3.8) is 0 Å². The van der Waals surface area contributed by atoms with Crippen LogP contribution >= 0.6 is 0 Å². The molecule has 5 nitrogen and oxygen atoms in total. The normalized spacial score (nSPS) is 9.96. The topological polar surface area (TPSA) is 68.5 Å². The van der Waals surface area contributed by atoms with Gasteiger partial charge in [-0.1, -0.05) is 24.0 Å². The second-order valence-corrected chi connectivity index (χ2v) is 6.18. The highest BCUT2D eigenvalue weighted by molar-refractivity contribution is 6.05. The molecule has 1 amide bonds. The Balaban J connectivity index is 1.78. The van der Waals surface area contributed by atoms with Crippen molar-refractivity contribution in [1.29, 1.82) is 0 Å². The van der Waals surface area contributed by atoms with Gasteiger partial charge in [0.05, 0.1) is 18.2 Å². The molecule has 0 saturated carbocycles. The first-order chi connectivity index (χ1) is 13.5. The molecule has 0 aliphatic rings. The molecule has 3 aromatic rings. The van der Waals surface area contributed by atoms with Crippen molar-refractivity contribution in [2.24, 2.45) is 0 Å². The average Bonchev–Trinajstić information content (AvgIpc) is 3.04. The first-order valence-corrected chi connectivity index (χ1v) is 8.65. The Hall–Kier alpha value is -3.78. The number of benzene rings is 2. The van der Waals surface area contributed by atoms with Gasteiger partial charge in [-0.25, -0.2) is 4.79 Å². The Morgan fingerprint density at radius 1 is 0.964 bits per heavy atom. The predicted octanol–water partition coefficient (Wildman–Crippen LogP) is 4.34. The number of carbonyl (C=O) groups is 2. The maximum atomic E-state index is 12.4. The number of nitrogens with one attached hydrogen (secondary N) is 1. The van der Waals surface area contributed by atoms with Gasteiger partial charge in [-0.15, -0.1) is 0 Å². The van der Waals surface area contributed by atoms with E-state index < -0.39 is 5.97 Å². The van der Waals surface area contributed by atoms with Crippen LogP contribution in [0.2, 0.25) is 0 Å². The number of methoxy groups -OCH3 is 1. The van der Waals surface area contributed by atoms with Crippen LogP contribution < -0.4 is 5.32 Å². The summed E-state index contributed by atoms with van der Waals surface area (Å²) >= 11 is 0. The highest BCUT2D eigenvalue weighted by atomic mass is 16.5. The Labute approximate surface area is 163 Å². The number of hydrogen-bond acceptors (Lipinski definition) is 4. The molecular formula is C23H19NO4. The zero-order valence-corrected chi connectivity index (χ0v) is 15.8. The number of furan rings is 1. The number of ether oxygens (including phenoxy) is 1. The van der Waals surface area contributed by atoms with E-state index in [9.17, 15) is 9.59 Å². The first-order valence-electron chi connectivity index (χ1n) is 8.65. The summed E-state index contributed by atoms with van der Waals surface area (Å²) in [7, 11) is 1.34. The molecule has 2 aromatic carbocycles. The summed E-state index contributed by atoms with van der Waals surface area (Å²) in [6.07, 6.45) is 0. The lowest BCUT2D eigenvalue weighted by atomic mass is 10.1. The maximum Gasteiger partial charge on any atom is 0.337 e. The fourth-order valence-corrected chi connectivity index (χ4v) is 2.72. The summed E-state index contributed by atoms with van der Waals surface area (Å²) in [5, 5.41) is 2.85. The number of hydrogen-bond donors (Lipinski definition) is 1. The van der Waals surface area contributed by atoms with Crippen molar-refractivity contribution in [3.8, 4) is 11.8 Å². The zero-order valence-electron chi connectivity index (χ0n) is 15.8. The summed E-state index contributed by atoms with van der Waals surface area (Å²) in [5.41, 5.74) is 3.02. The molecule has 0 fully saturated rings. The lowest BCUT2D eigenvalue weighted by molar-refractivity contribution is 0.0600. The molecule has 1 aromatic heterocycles. The van der Waals surface area contributed by atoms with E-state index in [4.69, 9.17) is 9.15 Å². The van der Waals surface area contributed by atoms with Crippen LogP contribution in [-0.2, 0) is 4.74 Å². The number of esters is 1. The smallest absolute Gasteiger partial charge is 0.337 e. The van der Waals surface area contributed by atoms with E-state index in [1.54, 1.807) is 50.2 Å². The summed E-state index contributed by atoms with van der Waals surface area (Å²) in [6.45, 7) is 3.56. The van der Waals surface area contributed by atoms with Gasteiger partial charge in [-0.3, -0.25) is 4.79 Å². The summed E-state index contributed by atoms with van der Waals surface area (Å²) < 4.78 is 10.1. The van der Waals surface area contributed by atoms with Crippen LogP contribution in [0.4, 0.5) is 5.69 Å². The van der Waals surface area contributed by atoms with Gasteiger partial charge in [-0.05, 0) is 56.3 Å².